The molecule has 0 aliphatic rings. The topological polar surface area (TPSA) is 55.0 Å². The van der Waals surface area contributed by atoms with Crippen LogP contribution in [-0.2, 0) is 0 Å². The van der Waals surface area contributed by atoms with E-state index in [1.807, 2.05) is 6.07 Å². The zero-order chi connectivity index (χ0) is 11.3. The van der Waals surface area contributed by atoms with E-state index in [1.54, 1.807) is 12.5 Å². The van der Waals surface area contributed by atoms with Crippen molar-refractivity contribution in [1.82, 2.24) is 14.9 Å². The highest BCUT2D eigenvalue weighted by Gasteiger charge is 2.20. The normalized spacial score (nSPS) is 13.5. The molecule has 0 saturated heterocycles. The van der Waals surface area contributed by atoms with E-state index >= 15 is 0 Å². The summed E-state index contributed by atoms with van der Waals surface area (Å²) in [6.07, 6.45) is 3.34. The molecular formula is C11H20N4. The van der Waals surface area contributed by atoms with Crippen molar-refractivity contribution in [3.63, 3.8) is 0 Å². The van der Waals surface area contributed by atoms with E-state index in [-0.39, 0.29) is 6.04 Å². The Hall–Kier alpha value is -1.00. The fourth-order valence-electron chi connectivity index (χ4n) is 1.87. The molecule has 1 aromatic heterocycles. The van der Waals surface area contributed by atoms with Crippen LogP contribution in [0.25, 0.3) is 0 Å². The van der Waals surface area contributed by atoms with Crippen molar-refractivity contribution in [2.45, 2.75) is 32.9 Å². The van der Waals surface area contributed by atoms with E-state index in [9.17, 15) is 0 Å². The number of hydrogen-bond donors (Lipinski definition) is 1. The summed E-state index contributed by atoms with van der Waals surface area (Å²) in [5.74, 6) is 0. The maximum absolute atomic E-state index is 5.82. The predicted octanol–water partition coefficient (Wildman–Crippen LogP) is 1.21. The summed E-state index contributed by atoms with van der Waals surface area (Å²) in [5, 5.41) is 0. The second-order valence-corrected chi connectivity index (χ2v) is 3.81. The first kappa shape index (κ1) is 12.1. The zero-order valence-electron chi connectivity index (χ0n) is 9.72. The Morgan fingerprint density at radius 2 is 2.20 bits per heavy atom. The minimum absolute atomic E-state index is 0.193. The quantitative estimate of drug-likeness (QED) is 0.790. The number of aromatic nitrogens is 2. The van der Waals surface area contributed by atoms with Gasteiger partial charge >= 0.3 is 0 Å². The maximum atomic E-state index is 5.82. The lowest BCUT2D eigenvalue weighted by Crippen LogP contribution is -2.38. The molecule has 1 unspecified atom stereocenters. The highest BCUT2D eigenvalue weighted by Crippen LogP contribution is 2.18. The summed E-state index contributed by atoms with van der Waals surface area (Å²) in [6.45, 7) is 8.05. The van der Waals surface area contributed by atoms with Gasteiger partial charge in [0, 0.05) is 18.8 Å². The summed E-state index contributed by atoms with van der Waals surface area (Å²) < 4.78 is 0. The molecule has 84 valence electrons. The van der Waals surface area contributed by atoms with Crippen molar-refractivity contribution in [3.8, 4) is 0 Å². The molecule has 1 aromatic rings. The molecule has 1 rings (SSSR count). The van der Waals surface area contributed by atoms with Crippen molar-refractivity contribution in [1.29, 1.82) is 0 Å². The second-order valence-electron chi connectivity index (χ2n) is 3.81. The lowest BCUT2D eigenvalue weighted by Gasteiger charge is -2.32. The number of hydrogen-bond acceptors (Lipinski definition) is 4. The minimum atomic E-state index is 0.193. The molecule has 0 aliphatic heterocycles. The van der Waals surface area contributed by atoms with Crippen LogP contribution < -0.4 is 5.73 Å². The van der Waals surface area contributed by atoms with Gasteiger partial charge in [0.2, 0.25) is 0 Å². The monoisotopic (exact) mass is 208 g/mol. The summed E-state index contributed by atoms with van der Waals surface area (Å²) in [5.41, 5.74) is 6.82. The van der Waals surface area contributed by atoms with E-state index in [0.29, 0.717) is 12.6 Å². The third-order valence-corrected chi connectivity index (χ3v) is 2.60. The Labute approximate surface area is 91.5 Å². The van der Waals surface area contributed by atoms with Gasteiger partial charge in [-0.1, -0.05) is 6.92 Å². The van der Waals surface area contributed by atoms with Crippen LogP contribution in [0.3, 0.4) is 0 Å². The molecule has 0 saturated carbocycles. The largest absolute Gasteiger partial charge is 0.329 e. The molecule has 1 atom stereocenters. The predicted molar refractivity (Wildman–Crippen MR) is 61.3 cm³/mol. The first-order valence-corrected chi connectivity index (χ1v) is 5.42. The van der Waals surface area contributed by atoms with Gasteiger partial charge in [-0.15, -0.1) is 0 Å². The van der Waals surface area contributed by atoms with Crippen LogP contribution in [0.15, 0.2) is 18.6 Å². The molecule has 15 heavy (non-hydrogen) atoms. The standard InChI is InChI=1S/C11H20N4/c1-4-15(9(2)3)11(7-12)10-5-6-13-8-14-10/h5-6,8-9,11H,4,7,12H2,1-3H3. The van der Waals surface area contributed by atoms with Crippen molar-refractivity contribution in [2.24, 2.45) is 5.73 Å². The molecule has 0 bridgehead atoms. The third-order valence-electron chi connectivity index (χ3n) is 2.60. The average molecular weight is 208 g/mol. The molecule has 0 aliphatic carbocycles. The number of likely N-dealkylation sites (N-methyl/N-ethyl adjacent to an activating group) is 1. The second kappa shape index (κ2) is 5.78. The van der Waals surface area contributed by atoms with Crippen molar-refractivity contribution >= 4 is 0 Å². The molecule has 2 N–H and O–H groups in total. The summed E-state index contributed by atoms with van der Waals surface area (Å²) >= 11 is 0. The summed E-state index contributed by atoms with van der Waals surface area (Å²) in [4.78, 5) is 10.5. The highest BCUT2D eigenvalue weighted by atomic mass is 15.2. The van der Waals surface area contributed by atoms with E-state index < -0.39 is 0 Å². The van der Waals surface area contributed by atoms with Gasteiger partial charge in [-0.2, -0.15) is 0 Å². The van der Waals surface area contributed by atoms with Gasteiger partial charge in [-0.25, -0.2) is 9.97 Å². The molecule has 0 spiro atoms. The van der Waals surface area contributed by atoms with Crippen molar-refractivity contribution in [3.05, 3.63) is 24.3 Å². The molecule has 4 heteroatoms. The van der Waals surface area contributed by atoms with Crippen LogP contribution >= 0.6 is 0 Å². The van der Waals surface area contributed by atoms with Gasteiger partial charge in [-0.3, -0.25) is 4.90 Å². The summed E-state index contributed by atoms with van der Waals surface area (Å²) in [7, 11) is 0. The van der Waals surface area contributed by atoms with Gasteiger partial charge in [0.1, 0.15) is 6.33 Å². The highest BCUT2D eigenvalue weighted by molar-refractivity contribution is 5.06. The Kier molecular flexibility index (Phi) is 4.65. The average Bonchev–Trinajstić information content (AvgIpc) is 2.26. The lowest BCUT2D eigenvalue weighted by atomic mass is 10.1. The summed E-state index contributed by atoms with van der Waals surface area (Å²) in [6, 6.07) is 2.60. The molecule has 0 radical (unpaired) electrons. The first-order valence-electron chi connectivity index (χ1n) is 5.42. The molecule has 0 amide bonds. The number of nitrogens with two attached hydrogens (primary N) is 1. The molecule has 0 aromatic carbocycles. The van der Waals surface area contributed by atoms with Crippen LogP contribution in [0.5, 0.6) is 0 Å². The SMILES string of the molecule is CCN(C(C)C)C(CN)c1ccncn1. The van der Waals surface area contributed by atoms with Gasteiger partial charge in [0.25, 0.3) is 0 Å². The third kappa shape index (κ3) is 2.97. The Morgan fingerprint density at radius 3 is 2.60 bits per heavy atom. The first-order chi connectivity index (χ1) is 7.20. The lowest BCUT2D eigenvalue weighted by molar-refractivity contribution is 0.163. The van der Waals surface area contributed by atoms with E-state index in [2.05, 4.69) is 35.6 Å². The van der Waals surface area contributed by atoms with Gasteiger partial charge in [0.05, 0.1) is 11.7 Å². The fraction of sp³-hybridized carbons (Fsp3) is 0.636. The van der Waals surface area contributed by atoms with Crippen LogP contribution in [-0.4, -0.2) is 34.0 Å². The van der Waals surface area contributed by atoms with Crippen molar-refractivity contribution in [2.75, 3.05) is 13.1 Å². The minimum Gasteiger partial charge on any atom is -0.329 e. The van der Waals surface area contributed by atoms with Crippen LogP contribution in [0.4, 0.5) is 0 Å². The fourth-order valence-corrected chi connectivity index (χ4v) is 1.87. The van der Waals surface area contributed by atoms with Crippen LogP contribution in [0.2, 0.25) is 0 Å². The molecular weight excluding hydrogens is 188 g/mol. The Morgan fingerprint density at radius 1 is 1.47 bits per heavy atom. The van der Waals surface area contributed by atoms with Crippen LogP contribution in [0.1, 0.15) is 32.5 Å². The Balaban J connectivity index is 2.87. The smallest absolute Gasteiger partial charge is 0.115 e. The van der Waals surface area contributed by atoms with E-state index in [0.717, 1.165) is 12.2 Å². The maximum Gasteiger partial charge on any atom is 0.115 e. The van der Waals surface area contributed by atoms with Gasteiger partial charge in [-0.05, 0) is 26.5 Å². The van der Waals surface area contributed by atoms with Gasteiger partial charge < -0.3 is 5.73 Å². The van der Waals surface area contributed by atoms with Crippen molar-refractivity contribution < 1.29 is 0 Å². The van der Waals surface area contributed by atoms with Crippen LogP contribution in [0, 0.1) is 0 Å². The van der Waals surface area contributed by atoms with Gasteiger partial charge in [0.15, 0.2) is 0 Å². The molecule has 0 fully saturated rings. The molecule has 1 heterocycles. The Bertz CT molecular complexity index is 273. The van der Waals surface area contributed by atoms with E-state index in [4.69, 9.17) is 5.73 Å². The van der Waals surface area contributed by atoms with E-state index in [1.165, 1.54) is 0 Å². The molecule has 4 nitrogen and oxygen atoms in total. The number of rotatable bonds is 5. The number of nitrogens with zero attached hydrogens (tertiary/aromatic N) is 3. The zero-order valence-corrected chi connectivity index (χ0v) is 9.72.